The summed E-state index contributed by atoms with van der Waals surface area (Å²) in [6, 6.07) is 68.1. The molecule has 0 spiro atoms. The largest absolute Gasteiger partial charge is 0.248 e. The lowest BCUT2D eigenvalue weighted by molar-refractivity contribution is 1.07. The standard InChI is InChI=1S/C52H32N4S/c1-3-12-34(13-4-1)50-54-51(35-14-5-2-6-15-35)56-52(55-50)36-24-22-33(23-25-36)39-28-29-40(42-17-8-7-16-41(39)42)37-26-30-46-38(32-37)27-31-47(53-46)45-20-11-19-44-43-18-9-10-21-48(43)57-49(44)45/h1-32H. The van der Waals surface area contributed by atoms with Gasteiger partial charge in [-0.2, -0.15) is 0 Å². The molecule has 0 N–H and O–H groups in total. The van der Waals surface area contributed by atoms with Crippen LogP contribution in [0.4, 0.5) is 0 Å². The molecule has 0 amide bonds. The van der Waals surface area contributed by atoms with E-state index >= 15 is 0 Å². The molecule has 0 fully saturated rings. The Morgan fingerprint density at radius 3 is 1.51 bits per heavy atom. The minimum absolute atomic E-state index is 0.643. The third-order valence-corrected chi connectivity index (χ3v) is 12.0. The lowest BCUT2D eigenvalue weighted by Gasteiger charge is -2.13. The predicted molar refractivity (Wildman–Crippen MR) is 238 cm³/mol. The highest BCUT2D eigenvalue weighted by molar-refractivity contribution is 7.26. The molecule has 11 aromatic rings. The Kier molecular flexibility index (Phi) is 7.97. The molecule has 266 valence electrons. The van der Waals surface area contributed by atoms with Crippen LogP contribution in [0.2, 0.25) is 0 Å². The van der Waals surface area contributed by atoms with Crippen molar-refractivity contribution in [3.63, 3.8) is 0 Å². The van der Waals surface area contributed by atoms with Crippen LogP contribution in [0, 0.1) is 0 Å². The number of hydrogen-bond donors (Lipinski definition) is 0. The number of fused-ring (bicyclic) bond motifs is 5. The lowest BCUT2D eigenvalue weighted by atomic mass is 9.91. The average molecular weight is 745 g/mol. The molecule has 8 aromatic carbocycles. The Labute approximate surface area is 333 Å². The number of hydrogen-bond acceptors (Lipinski definition) is 5. The zero-order valence-corrected chi connectivity index (χ0v) is 31.5. The van der Waals surface area contributed by atoms with Crippen molar-refractivity contribution in [2.75, 3.05) is 0 Å². The summed E-state index contributed by atoms with van der Waals surface area (Å²) in [5.74, 6) is 1.95. The molecule has 0 atom stereocenters. The molecule has 3 aromatic heterocycles. The van der Waals surface area contributed by atoms with Gasteiger partial charge in [-0.05, 0) is 57.3 Å². The van der Waals surface area contributed by atoms with Gasteiger partial charge in [-0.3, -0.25) is 0 Å². The summed E-state index contributed by atoms with van der Waals surface area (Å²) in [7, 11) is 0. The molecule has 5 heteroatoms. The van der Waals surface area contributed by atoms with Crippen LogP contribution in [-0.4, -0.2) is 19.9 Å². The molecule has 57 heavy (non-hydrogen) atoms. The molecule has 0 aliphatic rings. The summed E-state index contributed by atoms with van der Waals surface area (Å²) in [6.45, 7) is 0. The Morgan fingerprint density at radius 2 is 0.842 bits per heavy atom. The molecule has 0 saturated carbocycles. The maximum absolute atomic E-state index is 5.18. The van der Waals surface area contributed by atoms with Gasteiger partial charge in [0.15, 0.2) is 17.5 Å². The van der Waals surface area contributed by atoms with E-state index in [1.807, 2.05) is 72.0 Å². The van der Waals surface area contributed by atoms with Crippen LogP contribution >= 0.6 is 11.3 Å². The van der Waals surface area contributed by atoms with E-state index in [0.717, 1.165) is 38.9 Å². The minimum atomic E-state index is 0.643. The van der Waals surface area contributed by atoms with E-state index in [0.29, 0.717) is 17.5 Å². The zero-order chi connectivity index (χ0) is 37.7. The molecule has 4 nitrogen and oxygen atoms in total. The molecular formula is C52H32N4S. The Bertz CT molecular complexity index is 3230. The quantitative estimate of drug-likeness (QED) is 0.170. The molecule has 0 aliphatic heterocycles. The summed E-state index contributed by atoms with van der Waals surface area (Å²) in [4.78, 5) is 19.9. The number of thiophene rings is 1. The molecule has 0 aliphatic carbocycles. The van der Waals surface area contributed by atoms with E-state index < -0.39 is 0 Å². The van der Waals surface area contributed by atoms with E-state index in [1.165, 1.54) is 53.2 Å². The smallest absolute Gasteiger partial charge is 0.164 e. The molecule has 0 bridgehead atoms. The maximum atomic E-state index is 5.18. The van der Waals surface area contributed by atoms with Gasteiger partial charge in [0.05, 0.1) is 11.2 Å². The molecule has 11 rings (SSSR count). The van der Waals surface area contributed by atoms with Crippen molar-refractivity contribution in [2.24, 2.45) is 0 Å². The van der Waals surface area contributed by atoms with Gasteiger partial charge >= 0.3 is 0 Å². The second-order valence-corrected chi connectivity index (χ2v) is 15.3. The van der Waals surface area contributed by atoms with Gasteiger partial charge in [0.25, 0.3) is 0 Å². The number of pyridine rings is 1. The van der Waals surface area contributed by atoms with Crippen molar-refractivity contribution >= 4 is 53.2 Å². The van der Waals surface area contributed by atoms with Crippen LogP contribution in [0.25, 0.3) is 110 Å². The maximum Gasteiger partial charge on any atom is 0.164 e. The van der Waals surface area contributed by atoms with Gasteiger partial charge < -0.3 is 0 Å². The molecular weight excluding hydrogens is 713 g/mol. The number of rotatable bonds is 6. The second kappa shape index (κ2) is 13.7. The first-order valence-electron chi connectivity index (χ1n) is 19.0. The van der Waals surface area contributed by atoms with Crippen molar-refractivity contribution in [1.29, 1.82) is 0 Å². The van der Waals surface area contributed by atoms with Crippen LogP contribution < -0.4 is 0 Å². The van der Waals surface area contributed by atoms with Crippen LogP contribution in [0.3, 0.4) is 0 Å². The minimum Gasteiger partial charge on any atom is -0.248 e. The molecule has 0 unspecified atom stereocenters. The van der Waals surface area contributed by atoms with Crippen LogP contribution in [0.5, 0.6) is 0 Å². The summed E-state index contributed by atoms with van der Waals surface area (Å²) in [6.07, 6.45) is 0. The number of benzene rings is 8. The molecule has 3 heterocycles. The van der Waals surface area contributed by atoms with E-state index in [2.05, 4.69) is 133 Å². The Hall–Kier alpha value is -7.34. The van der Waals surface area contributed by atoms with Crippen LogP contribution in [0.1, 0.15) is 0 Å². The monoisotopic (exact) mass is 744 g/mol. The lowest BCUT2D eigenvalue weighted by Crippen LogP contribution is -2.00. The topological polar surface area (TPSA) is 51.6 Å². The zero-order valence-electron chi connectivity index (χ0n) is 30.7. The summed E-state index contributed by atoms with van der Waals surface area (Å²) < 4.78 is 2.58. The fourth-order valence-electron chi connectivity index (χ4n) is 7.93. The summed E-state index contributed by atoms with van der Waals surface area (Å²) in [5.41, 5.74) is 10.7. The Morgan fingerprint density at radius 1 is 0.316 bits per heavy atom. The van der Waals surface area contributed by atoms with Gasteiger partial charge in [-0.15, -0.1) is 11.3 Å². The van der Waals surface area contributed by atoms with Gasteiger partial charge in [0.2, 0.25) is 0 Å². The highest BCUT2D eigenvalue weighted by Crippen LogP contribution is 2.41. The van der Waals surface area contributed by atoms with Gasteiger partial charge in [0, 0.05) is 47.8 Å². The van der Waals surface area contributed by atoms with Gasteiger partial charge in [-0.25, -0.2) is 19.9 Å². The first-order valence-corrected chi connectivity index (χ1v) is 19.9. The summed E-state index contributed by atoms with van der Waals surface area (Å²) >= 11 is 1.84. The SMILES string of the molecule is c1ccc(-c2nc(-c3ccccc3)nc(-c3ccc(-c4ccc(-c5ccc6nc(-c7cccc8c7sc7ccccc78)ccc6c5)c5ccccc45)cc3)n2)cc1. The van der Waals surface area contributed by atoms with Crippen molar-refractivity contribution in [3.8, 4) is 67.7 Å². The van der Waals surface area contributed by atoms with Crippen LogP contribution in [-0.2, 0) is 0 Å². The first-order chi connectivity index (χ1) is 28.2. The molecule has 0 radical (unpaired) electrons. The third-order valence-electron chi connectivity index (χ3n) is 10.8. The molecule has 0 saturated heterocycles. The highest BCUT2D eigenvalue weighted by Gasteiger charge is 2.15. The van der Waals surface area contributed by atoms with Crippen molar-refractivity contribution in [1.82, 2.24) is 19.9 Å². The van der Waals surface area contributed by atoms with Crippen LogP contribution in [0.15, 0.2) is 194 Å². The van der Waals surface area contributed by atoms with Gasteiger partial charge in [-0.1, -0.05) is 170 Å². The number of aromatic nitrogens is 4. The Balaban J connectivity index is 0.937. The number of nitrogens with zero attached hydrogens (tertiary/aromatic N) is 4. The average Bonchev–Trinajstić information content (AvgIpc) is 3.68. The van der Waals surface area contributed by atoms with Crippen molar-refractivity contribution in [3.05, 3.63) is 194 Å². The van der Waals surface area contributed by atoms with Crippen molar-refractivity contribution in [2.45, 2.75) is 0 Å². The normalized spacial score (nSPS) is 11.5. The fraction of sp³-hybridized carbons (Fsp3) is 0. The summed E-state index contributed by atoms with van der Waals surface area (Å²) in [5, 5.41) is 6.11. The highest BCUT2D eigenvalue weighted by atomic mass is 32.1. The third kappa shape index (κ3) is 5.93. The fourth-order valence-corrected chi connectivity index (χ4v) is 9.16. The van der Waals surface area contributed by atoms with E-state index in [9.17, 15) is 0 Å². The van der Waals surface area contributed by atoms with E-state index in [1.54, 1.807) is 0 Å². The van der Waals surface area contributed by atoms with E-state index in [-0.39, 0.29) is 0 Å². The van der Waals surface area contributed by atoms with E-state index in [4.69, 9.17) is 19.9 Å². The van der Waals surface area contributed by atoms with Gasteiger partial charge in [0.1, 0.15) is 0 Å². The predicted octanol–water partition coefficient (Wildman–Crippen LogP) is 13.9. The first kappa shape index (κ1) is 33.0. The van der Waals surface area contributed by atoms with Crippen molar-refractivity contribution < 1.29 is 0 Å². The second-order valence-electron chi connectivity index (χ2n) is 14.2.